The lowest BCUT2D eigenvalue weighted by Gasteiger charge is -2.08. The van der Waals surface area contributed by atoms with E-state index < -0.39 is 0 Å². The number of hydrogen-bond acceptors (Lipinski definition) is 4. The average Bonchev–Trinajstić information content (AvgIpc) is 2.93. The van der Waals surface area contributed by atoms with Gasteiger partial charge in [-0.15, -0.1) is 0 Å². The molecule has 0 radical (unpaired) electrons. The maximum atomic E-state index is 5.73. The van der Waals surface area contributed by atoms with E-state index in [4.69, 9.17) is 14.2 Å². The van der Waals surface area contributed by atoms with Crippen LogP contribution in [0.2, 0.25) is 0 Å². The fourth-order valence-electron chi connectivity index (χ4n) is 1.92. The van der Waals surface area contributed by atoms with E-state index in [-0.39, 0.29) is 0 Å². The van der Waals surface area contributed by atoms with Crippen LogP contribution < -0.4 is 19.5 Å². The molecule has 4 heteroatoms. The quantitative estimate of drug-likeness (QED) is 0.913. The van der Waals surface area contributed by atoms with Crippen LogP contribution in [0.4, 0.5) is 5.69 Å². The summed E-state index contributed by atoms with van der Waals surface area (Å²) in [5.41, 5.74) is 2.12. The fraction of sp³-hybridized carbons (Fsp3) is 0.200. The number of nitrogens with one attached hydrogen (secondary N) is 1. The van der Waals surface area contributed by atoms with E-state index in [0.717, 1.165) is 28.5 Å². The lowest BCUT2D eigenvalue weighted by atomic mass is 10.2. The van der Waals surface area contributed by atoms with Gasteiger partial charge in [0, 0.05) is 12.7 Å². The first-order valence-corrected chi connectivity index (χ1v) is 6.14. The van der Waals surface area contributed by atoms with Crippen molar-refractivity contribution in [2.45, 2.75) is 6.61 Å². The highest BCUT2D eigenvalue weighted by molar-refractivity contribution is 5.46. The number of anilines is 1. The Labute approximate surface area is 111 Å². The molecule has 0 aliphatic carbocycles. The first kappa shape index (κ1) is 11.7. The van der Waals surface area contributed by atoms with Crippen molar-refractivity contribution in [1.82, 2.24) is 0 Å². The summed E-state index contributed by atoms with van der Waals surface area (Å²) in [6.07, 6.45) is 0. The third kappa shape index (κ3) is 2.57. The zero-order chi connectivity index (χ0) is 13.1. The Kier molecular flexibility index (Phi) is 3.14. The van der Waals surface area contributed by atoms with E-state index in [2.05, 4.69) is 5.32 Å². The second-order valence-electron chi connectivity index (χ2n) is 4.25. The van der Waals surface area contributed by atoms with Crippen molar-refractivity contribution in [1.29, 1.82) is 0 Å². The largest absolute Gasteiger partial charge is 0.489 e. The molecule has 0 unspecified atom stereocenters. The smallest absolute Gasteiger partial charge is 0.231 e. The van der Waals surface area contributed by atoms with E-state index in [1.807, 2.05) is 49.5 Å². The van der Waals surface area contributed by atoms with E-state index in [9.17, 15) is 0 Å². The molecule has 0 saturated carbocycles. The van der Waals surface area contributed by atoms with Gasteiger partial charge in [0.05, 0.1) is 0 Å². The molecule has 0 amide bonds. The molecule has 2 aromatic carbocycles. The van der Waals surface area contributed by atoms with Crippen LogP contribution in [0.3, 0.4) is 0 Å². The molecule has 1 N–H and O–H groups in total. The van der Waals surface area contributed by atoms with Gasteiger partial charge in [-0.1, -0.05) is 6.07 Å². The van der Waals surface area contributed by atoms with Crippen molar-refractivity contribution in [2.75, 3.05) is 19.2 Å². The van der Waals surface area contributed by atoms with Crippen LogP contribution in [-0.4, -0.2) is 13.8 Å². The molecule has 4 nitrogen and oxygen atoms in total. The Balaban J connectivity index is 1.65. The maximum absolute atomic E-state index is 5.73. The minimum absolute atomic E-state index is 0.297. The van der Waals surface area contributed by atoms with Crippen molar-refractivity contribution in [2.24, 2.45) is 0 Å². The van der Waals surface area contributed by atoms with Crippen molar-refractivity contribution in [3.05, 3.63) is 48.0 Å². The van der Waals surface area contributed by atoms with Gasteiger partial charge in [-0.2, -0.15) is 0 Å². The van der Waals surface area contributed by atoms with Gasteiger partial charge < -0.3 is 19.5 Å². The molecular weight excluding hydrogens is 242 g/mol. The Morgan fingerprint density at radius 2 is 1.84 bits per heavy atom. The lowest BCUT2D eigenvalue weighted by Crippen LogP contribution is -1.96. The van der Waals surface area contributed by atoms with Crippen LogP contribution in [0.1, 0.15) is 5.56 Å². The molecular formula is C15H15NO3. The van der Waals surface area contributed by atoms with Crippen molar-refractivity contribution in [3.63, 3.8) is 0 Å². The fourth-order valence-corrected chi connectivity index (χ4v) is 1.92. The molecule has 1 aliphatic heterocycles. The molecule has 0 spiro atoms. The highest BCUT2D eigenvalue weighted by Gasteiger charge is 2.13. The van der Waals surface area contributed by atoms with Crippen LogP contribution in [0.5, 0.6) is 17.2 Å². The van der Waals surface area contributed by atoms with Crippen LogP contribution in [-0.2, 0) is 6.61 Å². The predicted octanol–water partition coefficient (Wildman–Crippen LogP) is 3.04. The SMILES string of the molecule is CNc1ccc(OCc2ccc3c(c2)OCO3)cc1. The maximum Gasteiger partial charge on any atom is 0.231 e. The van der Waals surface area contributed by atoms with E-state index in [0.29, 0.717) is 13.4 Å². The normalized spacial score (nSPS) is 12.3. The van der Waals surface area contributed by atoms with Crippen LogP contribution >= 0.6 is 0 Å². The van der Waals surface area contributed by atoms with E-state index in [1.165, 1.54) is 0 Å². The first-order valence-electron chi connectivity index (χ1n) is 6.14. The van der Waals surface area contributed by atoms with Gasteiger partial charge >= 0.3 is 0 Å². The van der Waals surface area contributed by atoms with Crippen molar-refractivity contribution in [3.8, 4) is 17.2 Å². The second kappa shape index (κ2) is 5.10. The molecule has 19 heavy (non-hydrogen) atoms. The summed E-state index contributed by atoms with van der Waals surface area (Å²) in [4.78, 5) is 0. The molecule has 0 saturated heterocycles. The van der Waals surface area contributed by atoms with E-state index in [1.54, 1.807) is 0 Å². The van der Waals surface area contributed by atoms with Crippen LogP contribution in [0.15, 0.2) is 42.5 Å². The Bertz CT molecular complexity index is 566. The summed E-state index contributed by atoms with van der Waals surface area (Å²) in [6.45, 7) is 0.806. The molecule has 1 heterocycles. The number of ether oxygens (including phenoxy) is 3. The zero-order valence-electron chi connectivity index (χ0n) is 10.7. The summed E-state index contributed by atoms with van der Waals surface area (Å²) in [7, 11) is 1.89. The summed E-state index contributed by atoms with van der Waals surface area (Å²) < 4.78 is 16.3. The third-order valence-electron chi connectivity index (χ3n) is 2.99. The number of hydrogen-bond donors (Lipinski definition) is 1. The molecule has 0 aromatic heterocycles. The summed E-state index contributed by atoms with van der Waals surface area (Å²) in [5, 5.41) is 3.07. The van der Waals surface area contributed by atoms with Gasteiger partial charge in [-0.25, -0.2) is 0 Å². The van der Waals surface area contributed by atoms with Gasteiger partial charge in [0.25, 0.3) is 0 Å². The molecule has 0 atom stereocenters. The lowest BCUT2D eigenvalue weighted by molar-refractivity contribution is 0.174. The number of rotatable bonds is 4. The molecule has 0 bridgehead atoms. The Morgan fingerprint density at radius 1 is 1.05 bits per heavy atom. The average molecular weight is 257 g/mol. The first-order chi connectivity index (χ1) is 9.35. The Morgan fingerprint density at radius 3 is 2.63 bits per heavy atom. The van der Waals surface area contributed by atoms with Crippen molar-refractivity contribution >= 4 is 5.69 Å². The summed E-state index contributed by atoms with van der Waals surface area (Å²) in [6, 6.07) is 13.7. The van der Waals surface area contributed by atoms with Gasteiger partial charge in [-0.3, -0.25) is 0 Å². The minimum atomic E-state index is 0.297. The Hall–Kier alpha value is -2.36. The van der Waals surface area contributed by atoms with Gasteiger partial charge in [0.2, 0.25) is 6.79 Å². The molecule has 1 aliphatic rings. The number of fused-ring (bicyclic) bond motifs is 1. The zero-order valence-corrected chi connectivity index (χ0v) is 10.7. The summed E-state index contributed by atoms with van der Waals surface area (Å²) in [5.74, 6) is 2.42. The van der Waals surface area contributed by atoms with Crippen LogP contribution in [0, 0.1) is 0 Å². The molecule has 2 aromatic rings. The van der Waals surface area contributed by atoms with Gasteiger partial charge in [0.1, 0.15) is 12.4 Å². The third-order valence-corrected chi connectivity index (χ3v) is 2.99. The highest BCUT2D eigenvalue weighted by atomic mass is 16.7. The van der Waals surface area contributed by atoms with Crippen molar-refractivity contribution < 1.29 is 14.2 Å². The van der Waals surface area contributed by atoms with E-state index >= 15 is 0 Å². The van der Waals surface area contributed by atoms with Gasteiger partial charge in [0.15, 0.2) is 11.5 Å². The topological polar surface area (TPSA) is 39.7 Å². The molecule has 0 fully saturated rings. The predicted molar refractivity (Wildman–Crippen MR) is 72.9 cm³/mol. The van der Waals surface area contributed by atoms with Gasteiger partial charge in [-0.05, 0) is 42.0 Å². The monoisotopic (exact) mass is 257 g/mol. The molecule has 3 rings (SSSR count). The second-order valence-corrected chi connectivity index (χ2v) is 4.25. The highest BCUT2D eigenvalue weighted by Crippen LogP contribution is 2.32. The standard InChI is InChI=1S/C15H15NO3/c1-16-12-3-5-13(6-4-12)17-9-11-2-7-14-15(8-11)19-10-18-14/h2-8,16H,9-10H2,1H3. The van der Waals surface area contributed by atoms with Crippen LogP contribution in [0.25, 0.3) is 0 Å². The minimum Gasteiger partial charge on any atom is -0.489 e. The summed E-state index contributed by atoms with van der Waals surface area (Å²) >= 11 is 0. The number of benzene rings is 2. The molecule has 98 valence electrons.